The molecule has 0 fully saturated rings. The van der Waals surface area contributed by atoms with E-state index >= 15 is 0 Å². The second kappa shape index (κ2) is 5.45. The maximum absolute atomic E-state index is 4.56. The van der Waals surface area contributed by atoms with Gasteiger partial charge in [-0.15, -0.1) is 0 Å². The van der Waals surface area contributed by atoms with Crippen LogP contribution < -0.4 is 5.32 Å². The van der Waals surface area contributed by atoms with E-state index in [1.807, 2.05) is 31.2 Å². The van der Waals surface area contributed by atoms with Crippen LogP contribution in [0.3, 0.4) is 0 Å². The number of nitrogens with zero attached hydrogens (tertiary/aromatic N) is 6. The van der Waals surface area contributed by atoms with Crippen LogP contribution in [0.2, 0.25) is 0 Å². The van der Waals surface area contributed by atoms with Crippen LogP contribution in [-0.2, 0) is 0 Å². The molecule has 0 spiro atoms. The standard InChI is InChI=1S/C16H13N7/c1-11-3-2-4-12(7-11)21-15-14-13(19-9-20-15)8-18-16(22-14)23-6-5-17-10-23/h2-10H,1H3,(H,19,20,21). The minimum atomic E-state index is 0.525. The highest BCUT2D eigenvalue weighted by Gasteiger charge is 2.09. The Hall–Kier alpha value is -3.35. The van der Waals surface area contributed by atoms with Crippen LogP contribution >= 0.6 is 0 Å². The maximum atomic E-state index is 4.56. The van der Waals surface area contributed by atoms with Crippen LogP contribution in [0.15, 0.2) is 55.5 Å². The lowest BCUT2D eigenvalue weighted by molar-refractivity contribution is 0.936. The Balaban J connectivity index is 1.81. The van der Waals surface area contributed by atoms with Crippen LogP contribution in [0.5, 0.6) is 0 Å². The zero-order valence-corrected chi connectivity index (χ0v) is 12.4. The molecule has 4 aromatic rings. The SMILES string of the molecule is Cc1cccc(Nc2ncnc3cnc(-n4ccnc4)nc23)c1. The van der Waals surface area contributed by atoms with Crippen molar-refractivity contribution in [3.05, 3.63) is 61.1 Å². The van der Waals surface area contributed by atoms with Gasteiger partial charge in [0.2, 0.25) is 5.95 Å². The van der Waals surface area contributed by atoms with Gasteiger partial charge in [-0.3, -0.25) is 4.57 Å². The summed E-state index contributed by atoms with van der Waals surface area (Å²) in [5.41, 5.74) is 3.46. The fourth-order valence-corrected chi connectivity index (χ4v) is 2.30. The first-order chi connectivity index (χ1) is 11.3. The first-order valence-electron chi connectivity index (χ1n) is 7.09. The van der Waals surface area contributed by atoms with Crippen molar-refractivity contribution >= 4 is 22.5 Å². The molecule has 0 aliphatic carbocycles. The first-order valence-corrected chi connectivity index (χ1v) is 7.09. The summed E-state index contributed by atoms with van der Waals surface area (Å²) < 4.78 is 1.74. The minimum absolute atomic E-state index is 0.525. The summed E-state index contributed by atoms with van der Waals surface area (Å²) in [6.07, 6.45) is 8.31. The number of hydrogen-bond acceptors (Lipinski definition) is 6. The smallest absolute Gasteiger partial charge is 0.235 e. The number of aromatic nitrogens is 6. The van der Waals surface area contributed by atoms with Crippen molar-refractivity contribution in [2.75, 3.05) is 5.32 Å². The molecule has 0 amide bonds. The topological polar surface area (TPSA) is 81.4 Å². The molecule has 1 aromatic carbocycles. The molecule has 23 heavy (non-hydrogen) atoms. The van der Waals surface area contributed by atoms with Gasteiger partial charge in [0.25, 0.3) is 0 Å². The Labute approximate surface area is 132 Å². The number of fused-ring (bicyclic) bond motifs is 1. The summed E-state index contributed by atoms with van der Waals surface area (Å²) in [5.74, 6) is 1.17. The highest BCUT2D eigenvalue weighted by atomic mass is 15.2. The number of imidazole rings is 1. The van der Waals surface area contributed by atoms with Gasteiger partial charge in [-0.05, 0) is 24.6 Å². The molecular weight excluding hydrogens is 290 g/mol. The van der Waals surface area contributed by atoms with Crippen molar-refractivity contribution in [1.29, 1.82) is 0 Å². The molecule has 0 aliphatic rings. The molecule has 4 rings (SSSR count). The van der Waals surface area contributed by atoms with E-state index in [-0.39, 0.29) is 0 Å². The summed E-state index contributed by atoms with van der Waals surface area (Å²) in [7, 11) is 0. The van der Waals surface area contributed by atoms with Crippen molar-refractivity contribution in [1.82, 2.24) is 29.5 Å². The van der Waals surface area contributed by atoms with E-state index in [4.69, 9.17) is 0 Å². The minimum Gasteiger partial charge on any atom is -0.338 e. The van der Waals surface area contributed by atoms with E-state index in [1.54, 1.807) is 29.5 Å². The van der Waals surface area contributed by atoms with Crippen LogP contribution in [0, 0.1) is 6.92 Å². The maximum Gasteiger partial charge on any atom is 0.235 e. The quantitative estimate of drug-likeness (QED) is 0.626. The third-order valence-electron chi connectivity index (χ3n) is 3.38. The van der Waals surface area contributed by atoms with E-state index in [1.165, 1.54) is 11.9 Å². The number of aryl methyl sites for hydroxylation is 1. The molecular formula is C16H13N7. The number of rotatable bonds is 3. The van der Waals surface area contributed by atoms with E-state index in [9.17, 15) is 0 Å². The van der Waals surface area contributed by atoms with Gasteiger partial charge in [-0.1, -0.05) is 12.1 Å². The normalized spacial score (nSPS) is 10.8. The number of anilines is 2. The number of nitrogens with one attached hydrogen (secondary N) is 1. The molecule has 0 saturated heterocycles. The largest absolute Gasteiger partial charge is 0.338 e. The Kier molecular flexibility index (Phi) is 3.16. The Morgan fingerprint density at radius 3 is 2.91 bits per heavy atom. The summed E-state index contributed by atoms with van der Waals surface area (Å²) >= 11 is 0. The van der Waals surface area contributed by atoms with Gasteiger partial charge in [0.15, 0.2) is 5.82 Å². The van der Waals surface area contributed by atoms with Crippen molar-refractivity contribution in [3.8, 4) is 5.95 Å². The predicted molar refractivity (Wildman–Crippen MR) is 86.7 cm³/mol. The fraction of sp³-hybridized carbons (Fsp3) is 0.0625. The van der Waals surface area contributed by atoms with E-state index in [0.717, 1.165) is 5.69 Å². The van der Waals surface area contributed by atoms with E-state index in [0.29, 0.717) is 22.8 Å². The molecule has 0 unspecified atom stereocenters. The molecule has 112 valence electrons. The molecule has 3 aromatic heterocycles. The number of benzene rings is 1. The first kappa shape index (κ1) is 13.3. The van der Waals surface area contributed by atoms with Gasteiger partial charge < -0.3 is 5.32 Å². The average Bonchev–Trinajstić information content (AvgIpc) is 3.09. The lowest BCUT2D eigenvalue weighted by Gasteiger charge is -2.09. The second-order valence-electron chi connectivity index (χ2n) is 5.09. The Morgan fingerprint density at radius 1 is 1.13 bits per heavy atom. The van der Waals surface area contributed by atoms with E-state index < -0.39 is 0 Å². The van der Waals surface area contributed by atoms with Gasteiger partial charge in [-0.2, -0.15) is 0 Å². The Morgan fingerprint density at radius 2 is 2.09 bits per heavy atom. The third-order valence-corrected chi connectivity index (χ3v) is 3.38. The lowest BCUT2D eigenvalue weighted by Crippen LogP contribution is -2.03. The molecule has 7 heteroatoms. The third kappa shape index (κ3) is 2.59. The van der Waals surface area contributed by atoms with Crippen molar-refractivity contribution in [2.24, 2.45) is 0 Å². The van der Waals surface area contributed by atoms with Crippen LogP contribution in [0.4, 0.5) is 11.5 Å². The molecule has 0 atom stereocenters. The molecule has 1 N–H and O–H groups in total. The van der Waals surface area contributed by atoms with Crippen molar-refractivity contribution in [3.63, 3.8) is 0 Å². The highest BCUT2D eigenvalue weighted by Crippen LogP contribution is 2.22. The Bertz CT molecular complexity index is 963. The summed E-state index contributed by atoms with van der Waals surface area (Å²) in [4.78, 5) is 21.4. The van der Waals surface area contributed by atoms with Crippen molar-refractivity contribution < 1.29 is 0 Å². The summed E-state index contributed by atoms with van der Waals surface area (Å²) in [6.45, 7) is 2.04. The zero-order valence-electron chi connectivity index (χ0n) is 12.4. The zero-order chi connectivity index (χ0) is 15.6. The predicted octanol–water partition coefficient (Wildman–Crippen LogP) is 2.66. The average molecular weight is 303 g/mol. The van der Waals surface area contributed by atoms with Crippen LogP contribution in [-0.4, -0.2) is 29.5 Å². The van der Waals surface area contributed by atoms with E-state index in [2.05, 4.69) is 30.2 Å². The monoisotopic (exact) mass is 303 g/mol. The van der Waals surface area contributed by atoms with Gasteiger partial charge in [-0.25, -0.2) is 24.9 Å². The van der Waals surface area contributed by atoms with Gasteiger partial charge in [0.1, 0.15) is 23.7 Å². The molecule has 0 saturated carbocycles. The van der Waals surface area contributed by atoms with Crippen LogP contribution in [0.25, 0.3) is 17.0 Å². The van der Waals surface area contributed by atoms with Crippen molar-refractivity contribution in [2.45, 2.75) is 6.92 Å². The number of hydrogen-bond donors (Lipinski definition) is 1. The van der Waals surface area contributed by atoms with Gasteiger partial charge >= 0.3 is 0 Å². The second-order valence-corrected chi connectivity index (χ2v) is 5.09. The molecule has 7 nitrogen and oxygen atoms in total. The highest BCUT2D eigenvalue weighted by molar-refractivity contribution is 5.86. The summed E-state index contributed by atoms with van der Waals surface area (Å²) in [5, 5.41) is 3.29. The van der Waals surface area contributed by atoms with Gasteiger partial charge in [0.05, 0.1) is 6.20 Å². The molecule has 0 aliphatic heterocycles. The van der Waals surface area contributed by atoms with Gasteiger partial charge in [0, 0.05) is 18.1 Å². The molecule has 0 radical (unpaired) electrons. The lowest BCUT2D eigenvalue weighted by atomic mass is 10.2. The fourth-order valence-electron chi connectivity index (χ4n) is 2.30. The molecule has 3 heterocycles. The summed E-state index contributed by atoms with van der Waals surface area (Å²) in [6, 6.07) is 8.07. The van der Waals surface area contributed by atoms with Crippen LogP contribution in [0.1, 0.15) is 5.56 Å². The molecule has 0 bridgehead atoms.